The zero-order valence-electron chi connectivity index (χ0n) is 51.4. The first-order valence-electron chi connectivity index (χ1n) is 34.1. The van der Waals surface area contributed by atoms with Gasteiger partial charge in [0.2, 0.25) is 5.91 Å². The average Bonchev–Trinajstić information content (AvgIpc) is 3.43. The van der Waals surface area contributed by atoms with Crippen LogP contribution >= 0.6 is 0 Å². The summed E-state index contributed by atoms with van der Waals surface area (Å²) in [5.74, 6) is -0.0603. The van der Waals surface area contributed by atoms with Crippen LogP contribution < -0.4 is 5.32 Å². The van der Waals surface area contributed by atoms with Gasteiger partial charge in [-0.15, -0.1) is 0 Å². The summed E-state index contributed by atoms with van der Waals surface area (Å²) in [7, 11) is 0. The van der Waals surface area contributed by atoms with E-state index < -0.39 is 12.1 Å². The lowest BCUT2D eigenvalue weighted by Gasteiger charge is -2.20. The van der Waals surface area contributed by atoms with Crippen molar-refractivity contribution < 1.29 is 24.5 Å². The Morgan fingerprint density at radius 2 is 0.649 bits per heavy atom. The van der Waals surface area contributed by atoms with Crippen LogP contribution in [0.1, 0.15) is 354 Å². The molecule has 77 heavy (non-hydrogen) atoms. The maximum Gasteiger partial charge on any atom is 0.305 e. The quantitative estimate of drug-likeness (QED) is 0.0320. The van der Waals surface area contributed by atoms with E-state index >= 15 is 0 Å². The molecule has 0 aliphatic heterocycles. The van der Waals surface area contributed by atoms with Gasteiger partial charge in [0.1, 0.15) is 0 Å². The van der Waals surface area contributed by atoms with Gasteiger partial charge < -0.3 is 20.3 Å². The predicted molar refractivity (Wildman–Crippen MR) is 338 cm³/mol. The fourth-order valence-electron chi connectivity index (χ4n) is 10.3. The van der Waals surface area contributed by atoms with Crippen LogP contribution in [-0.4, -0.2) is 47.4 Å². The van der Waals surface area contributed by atoms with E-state index in [1.54, 1.807) is 6.08 Å². The topological polar surface area (TPSA) is 95.9 Å². The molecule has 0 bridgehead atoms. The van der Waals surface area contributed by atoms with Gasteiger partial charge in [-0.1, -0.05) is 306 Å². The number of rotatable bonds is 63. The number of nitrogens with one attached hydrogen (secondary N) is 1. The highest BCUT2D eigenvalue weighted by molar-refractivity contribution is 5.76. The van der Waals surface area contributed by atoms with Crippen LogP contribution in [0.5, 0.6) is 0 Å². The van der Waals surface area contributed by atoms with E-state index in [1.807, 2.05) is 6.08 Å². The van der Waals surface area contributed by atoms with Crippen molar-refractivity contribution in [1.82, 2.24) is 5.32 Å². The summed E-state index contributed by atoms with van der Waals surface area (Å²) in [6.07, 6.45) is 87.3. The molecule has 6 nitrogen and oxygen atoms in total. The molecule has 3 N–H and O–H groups in total. The maximum absolute atomic E-state index is 12.4. The first kappa shape index (κ1) is 74.6. The fraction of sp³-hybridized carbons (Fsp3) is 0.831. The van der Waals surface area contributed by atoms with Gasteiger partial charge in [0, 0.05) is 12.8 Å². The number of carbonyl (C=O) groups is 2. The average molecular weight is 1080 g/mol. The second kappa shape index (κ2) is 66.1. The van der Waals surface area contributed by atoms with Gasteiger partial charge in [-0.3, -0.25) is 9.59 Å². The number of hydrogen-bond acceptors (Lipinski definition) is 5. The van der Waals surface area contributed by atoms with E-state index in [1.165, 1.54) is 270 Å². The van der Waals surface area contributed by atoms with Gasteiger partial charge in [0.05, 0.1) is 25.4 Å². The van der Waals surface area contributed by atoms with Gasteiger partial charge in [0.25, 0.3) is 0 Å². The largest absolute Gasteiger partial charge is 0.466 e. The molecule has 0 aromatic rings. The van der Waals surface area contributed by atoms with E-state index in [-0.39, 0.29) is 18.5 Å². The SMILES string of the molecule is CCCCC/C=C\C/C=C\CCCCCCCCCCCC(=O)OCCCCCCCCCCC/C=C\C/C=C\CCCCCCCCCCCCCCCCCC(=O)NC(CO)C(O)/C=C/CCCCCCCCCC. The molecule has 0 rings (SSSR count). The fourth-order valence-corrected chi connectivity index (χ4v) is 10.3. The number of hydrogen-bond donors (Lipinski definition) is 3. The first-order chi connectivity index (χ1) is 38.0. The monoisotopic (exact) mass is 1080 g/mol. The molecule has 0 aliphatic carbocycles. The third kappa shape index (κ3) is 62.6. The molecule has 0 saturated heterocycles. The van der Waals surface area contributed by atoms with Crippen LogP contribution in [0.15, 0.2) is 60.8 Å². The summed E-state index contributed by atoms with van der Waals surface area (Å²) in [5, 5.41) is 23.0. The third-order valence-corrected chi connectivity index (χ3v) is 15.5. The van der Waals surface area contributed by atoms with Crippen LogP contribution in [0.4, 0.5) is 0 Å². The van der Waals surface area contributed by atoms with Crippen molar-refractivity contribution in [2.45, 2.75) is 366 Å². The number of esters is 1. The molecule has 6 heteroatoms. The van der Waals surface area contributed by atoms with Crippen LogP contribution in [-0.2, 0) is 14.3 Å². The number of aliphatic hydroxyl groups excluding tert-OH is 2. The Labute approximate surface area is 479 Å². The Morgan fingerprint density at radius 1 is 0.364 bits per heavy atom. The minimum Gasteiger partial charge on any atom is -0.466 e. The molecule has 2 unspecified atom stereocenters. The highest BCUT2D eigenvalue weighted by atomic mass is 16.5. The number of unbranched alkanes of at least 4 members (excludes halogenated alkanes) is 44. The van der Waals surface area contributed by atoms with Crippen molar-refractivity contribution in [2.75, 3.05) is 13.2 Å². The van der Waals surface area contributed by atoms with Gasteiger partial charge >= 0.3 is 5.97 Å². The summed E-state index contributed by atoms with van der Waals surface area (Å²) < 4.78 is 5.50. The molecule has 0 aliphatic rings. The minimum atomic E-state index is -0.843. The highest BCUT2D eigenvalue weighted by Gasteiger charge is 2.18. The van der Waals surface area contributed by atoms with Crippen LogP contribution in [0.25, 0.3) is 0 Å². The summed E-state index contributed by atoms with van der Waals surface area (Å²) in [6, 6.07) is -0.626. The van der Waals surface area contributed by atoms with Gasteiger partial charge in [-0.2, -0.15) is 0 Å². The smallest absolute Gasteiger partial charge is 0.305 e. The summed E-state index contributed by atoms with van der Waals surface area (Å²) >= 11 is 0. The van der Waals surface area contributed by atoms with Crippen molar-refractivity contribution in [3.63, 3.8) is 0 Å². The highest BCUT2D eigenvalue weighted by Crippen LogP contribution is 2.17. The molecular weight excluding hydrogens is 947 g/mol. The minimum absolute atomic E-state index is 0.00876. The van der Waals surface area contributed by atoms with Gasteiger partial charge in [-0.05, 0) is 96.3 Å². The van der Waals surface area contributed by atoms with Crippen molar-refractivity contribution in [1.29, 1.82) is 0 Å². The van der Waals surface area contributed by atoms with E-state index in [9.17, 15) is 19.8 Å². The number of allylic oxidation sites excluding steroid dienone is 9. The standard InChI is InChI=1S/C71H131NO5/c1-3-5-7-9-11-13-15-16-17-18-32-36-39-42-45-49-53-57-61-65-71(76)77-66-62-58-54-50-46-43-40-37-34-31-29-27-25-23-21-19-20-22-24-26-28-30-33-35-38-41-44-48-52-56-60-64-70(75)72-68(67-73)69(74)63-59-55-51-47-14-12-10-8-6-4-2/h11,13,16-17,21,23,27,29,59,63,68-69,73-74H,3-10,12,14-15,18-20,22,24-26,28,30-58,60-62,64-67H2,1-2H3,(H,72,75)/b13-11-,17-16-,23-21-,29-27-,63-59+. The number of aliphatic hydroxyl groups is 2. The molecule has 0 radical (unpaired) electrons. The van der Waals surface area contributed by atoms with Crippen molar-refractivity contribution in [3.05, 3.63) is 60.8 Å². The van der Waals surface area contributed by atoms with Gasteiger partial charge in [0.15, 0.2) is 0 Å². The Balaban J connectivity index is 3.38. The van der Waals surface area contributed by atoms with Crippen LogP contribution in [0.2, 0.25) is 0 Å². The van der Waals surface area contributed by atoms with E-state index in [0.29, 0.717) is 19.4 Å². The normalized spacial score (nSPS) is 12.9. The van der Waals surface area contributed by atoms with Crippen molar-refractivity contribution >= 4 is 11.9 Å². The van der Waals surface area contributed by atoms with E-state index in [0.717, 1.165) is 57.8 Å². The summed E-state index contributed by atoms with van der Waals surface area (Å²) in [4.78, 5) is 24.5. The molecule has 0 saturated carbocycles. The van der Waals surface area contributed by atoms with Gasteiger partial charge in [-0.25, -0.2) is 0 Å². The number of ether oxygens (including phenoxy) is 1. The number of carbonyl (C=O) groups excluding carboxylic acids is 2. The lowest BCUT2D eigenvalue weighted by molar-refractivity contribution is -0.143. The molecule has 0 aromatic carbocycles. The Morgan fingerprint density at radius 3 is 1.01 bits per heavy atom. The molecule has 450 valence electrons. The molecular formula is C71H131NO5. The molecule has 0 fully saturated rings. The molecule has 0 heterocycles. The zero-order valence-corrected chi connectivity index (χ0v) is 51.4. The Bertz CT molecular complexity index is 1340. The van der Waals surface area contributed by atoms with Crippen LogP contribution in [0, 0.1) is 0 Å². The van der Waals surface area contributed by atoms with E-state index in [2.05, 4.69) is 67.8 Å². The van der Waals surface area contributed by atoms with Crippen LogP contribution in [0.3, 0.4) is 0 Å². The summed E-state index contributed by atoms with van der Waals surface area (Å²) in [6.45, 7) is 4.87. The van der Waals surface area contributed by atoms with Crippen molar-refractivity contribution in [3.8, 4) is 0 Å². The van der Waals surface area contributed by atoms with Crippen molar-refractivity contribution in [2.24, 2.45) is 0 Å². The second-order valence-corrected chi connectivity index (χ2v) is 23.1. The third-order valence-electron chi connectivity index (χ3n) is 15.5. The summed E-state index contributed by atoms with van der Waals surface area (Å²) in [5.41, 5.74) is 0. The molecule has 2 atom stereocenters. The number of amides is 1. The molecule has 0 spiro atoms. The Hall–Kier alpha value is -2.44. The second-order valence-electron chi connectivity index (χ2n) is 23.1. The predicted octanol–water partition coefficient (Wildman–Crippen LogP) is 21.9. The lowest BCUT2D eigenvalue weighted by Crippen LogP contribution is -2.45. The first-order valence-corrected chi connectivity index (χ1v) is 34.1. The zero-order chi connectivity index (χ0) is 55.7. The van der Waals surface area contributed by atoms with E-state index in [4.69, 9.17) is 4.74 Å². The lowest BCUT2D eigenvalue weighted by atomic mass is 10.0. The molecule has 1 amide bonds. The Kier molecular flexibility index (Phi) is 64.0. The molecule has 0 aromatic heterocycles. The maximum atomic E-state index is 12.4.